The number of likely N-dealkylation sites (tertiary alicyclic amines) is 1. The van der Waals surface area contributed by atoms with Gasteiger partial charge in [0.15, 0.2) is 0 Å². The first kappa shape index (κ1) is 15.1. The molecule has 1 saturated heterocycles. The van der Waals surface area contributed by atoms with Crippen LogP contribution in [0.1, 0.15) is 18.4 Å². The molecule has 0 amide bonds. The molecule has 6 heteroatoms. The highest BCUT2D eigenvalue weighted by Gasteiger charge is 2.34. The molecule has 0 aliphatic carbocycles. The molecule has 1 aliphatic rings. The van der Waals surface area contributed by atoms with E-state index in [2.05, 4.69) is 4.90 Å². The van der Waals surface area contributed by atoms with Crippen LogP contribution in [0.15, 0.2) is 24.3 Å². The number of aliphatic hydroxyl groups excluding tert-OH is 1. The standard InChI is InChI=1S/C14H18F3NO2/c15-14(16,17)12-5-1-2-6-13(12)20-9-8-18-7-3-4-11(18)10-19/h1-2,5-6,11,19H,3-4,7-10H2/t11-/m1/s1. The summed E-state index contributed by atoms with van der Waals surface area (Å²) in [6.07, 6.45) is -2.47. The summed E-state index contributed by atoms with van der Waals surface area (Å²) in [5, 5.41) is 9.17. The van der Waals surface area contributed by atoms with Crippen LogP contribution in [-0.4, -0.2) is 42.4 Å². The number of para-hydroxylation sites is 1. The molecule has 0 aromatic heterocycles. The Morgan fingerprint density at radius 3 is 2.75 bits per heavy atom. The highest BCUT2D eigenvalue weighted by molar-refractivity contribution is 5.35. The van der Waals surface area contributed by atoms with Crippen LogP contribution in [0.25, 0.3) is 0 Å². The number of benzene rings is 1. The zero-order chi connectivity index (χ0) is 14.6. The maximum absolute atomic E-state index is 12.8. The normalized spacial score (nSPS) is 20.3. The van der Waals surface area contributed by atoms with Crippen molar-refractivity contribution in [2.24, 2.45) is 0 Å². The topological polar surface area (TPSA) is 32.7 Å². The minimum absolute atomic E-state index is 0.0825. The lowest BCUT2D eigenvalue weighted by Crippen LogP contribution is -2.35. The van der Waals surface area contributed by atoms with E-state index in [1.807, 2.05) is 0 Å². The third kappa shape index (κ3) is 3.64. The van der Waals surface area contributed by atoms with Crippen molar-refractivity contribution in [2.75, 3.05) is 26.3 Å². The summed E-state index contributed by atoms with van der Waals surface area (Å²) in [5.41, 5.74) is -0.750. The molecule has 1 heterocycles. The molecule has 0 spiro atoms. The second-order valence-corrected chi connectivity index (χ2v) is 4.86. The molecule has 0 radical (unpaired) electrons. The summed E-state index contributed by atoms with van der Waals surface area (Å²) in [7, 11) is 0. The molecular weight excluding hydrogens is 271 g/mol. The molecule has 2 rings (SSSR count). The van der Waals surface area contributed by atoms with Gasteiger partial charge >= 0.3 is 6.18 Å². The molecular formula is C14H18F3NO2. The van der Waals surface area contributed by atoms with Crippen LogP contribution in [0.2, 0.25) is 0 Å². The lowest BCUT2D eigenvalue weighted by molar-refractivity contribution is -0.139. The van der Waals surface area contributed by atoms with E-state index in [1.54, 1.807) is 0 Å². The Morgan fingerprint density at radius 1 is 1.30 bits per heavy atom. The SMILES string of the molecule is OC[C@H]1CCCN1CCOc1ccccc1C(F)(F)F. The van der Waals surface area contributed by atoms with Crippen LogP contribution >= 0.6 is 0 Å². The van der Waals surface area contributed by atoms with E-state index in [9.17, 15) is 18.3 Å². The fourth-order valence-electron chi connectivity index (χ4n) is 2.50. The Hall–Kier alpha value is -1.27. The van der Waals surface area contributed by atoms with Gasteiger partial charge in [0.25, 0.3) is 0 Å². The van der Waals surface area contributed by atoms with Crippen LogP contribution in [0.5, 0.6) is 5.75 Å². The Bertz CT molecular complexity index is 437. The van der Waals surface area contributed by atoms with E-state index >= 15 is 0 Å². The van der Waals surface area contributed by atoms with Crippen molar-refractivity contribution < 1.29 is 23.0 Å². The predicted octanol–water partition coefficient (Wildman–Crippen LogP) is 2.54. The maximum Gasteiger partial charge on any atom is 0.419 e. The second kappa shape index (κ2) is 6.45. The minimum atomic E-state index is -4.40. The van der Waals surface area contributed by atoms with Crippen molar-refractivity contribution >= 4 is 0 Å². The molecule has 1 aliphatic heterocycles. The molecule has 1 fully saturated rings. The van der Waals surface area contributed by atoms with Crippen molar-refractivity contribution in [3.05, 3.63) is 29.8 Å². The zero-order valence-electron chi connectivity index (χ0n) is 11.1. The third-order valence-corrected chi connectivity index (χ3v) is 3.54. The van der Waals surface area contributed by atoms with Crippen LogP contribution in [0.4, 0.5) is 13.2 Å². The van der Waals surface area contributed by atoms with Gasteiger partial charge in [-0.3, -0.25) is 4.90 Å². The fourth-order valence-corrected chi connectivity index (χ4v) is 2.50. The summed E-state index contributed by atoms with van der Waals surface area (Å²) in [5.74, 6) is -0.139. The van der Waals surface area contributed by atoms with Gasteiger partial charge in [0.2, 0.25) is 0 Å². The van der Waals surface area contributed by atoms with Crippen LogP contribution < -0.4 is 4.74 Å². The van der Waals surface area contributed by atoms with Gasteiger partial charge in [-0.05, 0) is 31.5 Å². The summed E-state index contributed by atoms with van der Waals surface area (Å²) >= 11 is 0. The lowest BCUT2D eigenvalue weighted by atomic mass is 10.2. The van der Waals surface area contributed by atoms with Gasteiger partial charge in [-0.1, -0.05) is 12.1 Å². The summed E-state index contributed by atoms with van der Waals surface area (Å²) < 4.78 is 43.6. The van der Waals surface area contributed by atoms with Gasteiger partial charge in [0, 0.05) is 12.6 Å². The van der Waals surface area contributed by atoms with Gasteiger partial charge in [-0.2, -0.15) is 13.2 Å². The largest absolute Gasteiger partial charge is 0.492 e. The molecule has 0 unspecified atom stereocenters. The number of aliphatic hydroxyl groups is 1. The van der Waals surface area contributed by atoms with Crippen molar-refractivity contribution in [1.29, 1.82) is 0 Å². The van der Waals surface area contributed by atoms with E-state index in [0.29, 0.717) is 6.54 Å². The van der Waals surface area contributed by atoms with Gasteiger partial charge < -0.3 is 9.84 Å². The molecule has 0 saturated carbocycles. The molecule has 20 heavy (non-hydrogen) atoms. The van der Waals surface area contributed by atoms with Crippen LogP contribution in [-0.2, 0) is 6.18 Å². The summed E-state index contributed by atoms with van der Waals surface area (Å²) in [4.78, 5) is 2.05. The Kier molecular flexibility index (Phi) is 4.88. The van der Waals surface area contributed by atoms with E-state index in [1.165, 1.54) is 18.2 Å². The Labute approximate surface area is 116 Å². The van der Waals surface area contributed by atoms with Gasteiger partial charge in [-0.25, -0.2) is 0 Å². The van der Waals surface area contributed by atoms with Crippen LogP contribution in [0.3, 0.4) is 0 Å². The highest BCUT2D eigenvalue weighted by atomic mass is 19.4. The summed E-state index contributed by atoms with van der Waals surface area (Å²) in [6, 6.07) is 5.32. The van der Waals surface area contributed by atoms with Gasteiger partial charge in [-0.15, -0.1) is 0 Å². The number of halogens is 3. The molecule has 3 nitrogen and oxygen atoms in total. The molecule has 1 N–H and O–H groups in total. The Morgan fingerprint density at radius 2 is 2.05 bits per heavy atom. The maximum atomic E-state index is 12.8. The Balaban J connectivity index is 1.91. The molecule has 1 atom stereocenters. The van der Waals surface area contributed by atoms with E-state index in [4.69, 9.17) is 4.74 Å². The van der Waals surface area contributed by atoms with Crippen molar-refractivity contribution in [3.8, 4) is 5.75 Å². The first-order valence-corrected chi connectivity index (χ1v) is 6.66. The number of hydrogen-bond donors (Lipinski definition) is 1. The lowest BCUT2D eigenvalue weighted by Gasteiger charge is -2.23. The first-order chi connectivity index (χ1) is 9.52. The van der Waals surface area contributed by atoms with E-state index in [-0.39, 0.29) is 25.0 Å². The highest BCUT2D eigenvalue weighted by Crippen LogP contribution is 2.35. The number of rotatable bonds is 5. The molecule has 1 aromatic carbocycles. The van der Waals surface area contributed by atoms with Crippen molar-refractivity contribution in [3.63, 3.8) is 0 Å². The van der Waals surface area contributed by atoms with Crippen molar-refractivity contribution in [1.82, 2.24) is 4.90 Å². The molecule has 112 valence electrons. The average Bonchev–Trinajstić information content (AvgIpc) is 2.85. The van der Waals surface area contributed by atoms with E-state index in [0.717, 1.165) is 25.5 Å². The third-order valence-electron chi connectivity index (χ3n) is 3.54. The summed E-state index contributed by atoms with van der Waals surface area (Å²) in [6.45, 7) is 1.65. The van der Waals surface area contributed by atoms with Crippen molar-refractivity contribution in [2.45, 2.75) is 25.1 Å². The number of ether oxygens (including phenoxy) is 1. The zero-order valence-corrected chi connectivity index (χ0v) is 11.1. The number of hydrogen-bond acceptors (Lipinski definition) is 3. The average molecular weight is 289 g/mol. The first-order valence-electron chi connectivity index (χ1n) is 6.66. The monoisotopic (exact) mass is 289 g/mol. The quantitative estimate of drug-likeness (QED) is 0.904. The fraction of sp³-hybridized carbons (Fsp3) is 0.571. The van der Waals surface area contributed by atoms with Crippen LogP contribution in [0, 0.1) is 0 Å². The smallest absolute Gasteiger partial charge is 0.419 e. The number of alkyl halides is 3. The van der Waals surface area contributed by atoms with Gasteiger partial charge in [0.05, 0.1) is 12.2 Å². The minimum Gasteiger partial charge on any atom is -0.492 e. The predicted molar refractivity (Wildman–Crippen MR) is 68.6 cm³/mol. The number of nitrogens with zero attached hydrogens (tertiary/aromatic N) is 1. The molecule has 0 bridgehead atoms. The molecule has 1 aromatic rings. The second-order valence-electron chi connectivity index (χ2n) is 4.86. The van der Waals surface area contributed by atoms with Gasteiger partial charge in [0.1, 0.15) is 12.4 Å². The van der Waals surface area contributed by atoms with E-state index < -0.39 is 11.7 Å².